The van der Waals surface area contributed by atoms with Crippen LogP contribution in [0.5, 0.6) is 0 Å². The van der Waals surface area contributed by atoms with Gasteiger partial charge in [0, 0.05) is 1.37 Å². The van der Waals surface area contributed by atoms with E-state index in [1.54, 1.807) is 5.20 Å². The van der Waals surface area contributed by atoms with E-state index >= 15 is 0 Å². The average molecular weight is 167 g/mol. The van der Waals surface area contributed by atoms with Crippen LogP contribution in [0.1, 0.15) is 20.6 Å². The van der Waals surface area contributed by atoms with Crippen LogP contribution in [0.15, 0.2) is 11.3 Å². The molecule has 2 bridgehead atoms. The molecular formula is C10H18Si. The van der Waals surface area contributed by atoms with Crippen molar-refractivity contribution in [3.05, 3.63) is 11.3 Å². The predicted octanol–water partition coefficient (Wildman–Crippen LogP) is 3.22. The third kappa shape index (κ3) is 1.20. The van der Waals surface area contributed by atoms with E-state index in [2.05, 4.69) is 25.7 Å². The third-order valence-electron chi connectivity index (χ3n) is 2.96. The maximum absolute atomic E-state index is 7.91. The van der Waals surface area contributed by atoms with Crippen LogP contribution in [0.4, 0.5) is 0 Å². The Morgan fingerprint density at radius 1 is 1.55 bits per heavy atom. The molecule has 0 radical (unpaired) electrons. The van der Waals surface area contributed by atoms with E-state index in [0.29, 0.717) is 5.92 Å². The fraction of sp³-hybridized carbons (Fsp3) is 0.800. The molecule has 3 atom stereocenters. The zero-order valence-electron chi connectivity index (χ0n) is 8.72. The van der Waals surface area contributed by atoms with Gasteiger partial charge in [-0.25, -0.2) is 0 Å². The lowest BCUT2D eigenvalue weighted by Gasteiger charge is -2.25. The first-order valence-corrected chi connectivity index (χ1v) is 8.13. The first-order valence-electron chi connectivity index (χ1n) is 5.20. The summed E-state index contributed by atoms with van der Waals surface area (Å²) in [6, 6.07) is 0. The molecule has 1 heteroatoms. The summed E-state index contributed by atoms with van der Waals surface area (Å²) in [5, 5.41) is 1.69. The van der Waals surface area contributed by atoms with Gasteiger partial charge >= 0.3 is 0 Å². The molecule has 2 aliphatic carbocycles. The standard InChI is InChI=1S/C10H18Si/c1-11(2,3)10-7-8-4-5-9(10)6-8/h7-9H,4-6H2,1-3H3/i5D. The van der Waals surface area contributed by atoms with E-state index in [1.165, 1.54) is 6.42 Å². The molecule has 0 aromatic carbocycles. The van der Waals surface area contributed by atoms with Crippen LogP contribution < -0.4 is 0 Å². The van der Waals surface area contributed by atoms with Crippen LogP contribution in [-0.2, 0) is 0 Å². The predicted molar refractivity (Wildman–Crippen MR) is 52.3 cm³/mol. The number of allylic oxidation sites excluding steroid dienone is 2. The van der Waals surface area contributed by atoms with Crippen LogP contribution in [0, 0.1) is 11.8 Å². The number of hydrogen-bond acceptors (Lipinski definition) is 0. The summed E-state index contributed by atoms with van der Waals surface area (Å²) < 4.78 is 7.91. The lowest BCUT2D eigenvalue weighted by Crippen LogP contribution is -2.27. The van der Waals surface area contributed by atoms with E-state index in [-0.39, 0.29) is 6.40 Å². The van der Waals surface area contributed by atoms with Crippen LogP contribution in [0.2, 0.25) is 19.6 Å². The Morgan fingerprint density at radius 3 is 2.64 bits per heavy atom. The summed E-state index contributed by atoms with van der Waals surface area (Å²) in [4.78, 5) is 0. The summed E-state index contributed by atoms with van der Waals surface area (Å²) in [5.41, 5.74) is 0. The van der Waals surface area contributed by atoms with Gasteiger partial charge in [-0.05, 0) is 31.1 Å². The Hall–Kier alpha value is -0.0431. The summed E-state index contributed by atoms with van der Waals surface area (Å²) in [6.07, 6.45) is 5.18. The normalized spacial score (nSPS) is 44.1. The highest BCUT2D eigenvalue weighted by Crippen LogP contribution is 2.46. The smallest absolute Gasteiger partial charge is 0.0724 e. The van der Waals surface area contributed by atoms with Gasteiger partial charge in [0.25, 0.3) is 0 Å². The van der Waals surface area contributed by atoms with E-state index in [0.717, 1.165) is 12.3 Å². The van der Waals surface area contributed by atoms with Gasteiger partial charge < -0.3 is 0 Å². The van der Waals surface area contributed by atoms with E-state index in [1.807, 2.05) is 0 Å². The van der Waals surface area contributed by atoms with Crippen molar-refractivity contribution in [2.24, 2.45) is 11.8 Å². The largest absolute Gasteiger partial charge is 0.0858 e. The lowest BCUT2D eigenvalue weighted by molar-refractivity contribution is 0.679. The van der Waals surface area contributed by atoms with Crippen LogP contribution >= 0.6 is 0 Å². The van der Waals surface area contributed by atoms with E-state index < -0.39 is 8.07 Å². The Balaban J connectivity index is 2.25. The molecule has 0 heterocycles. The Bertz CT molecular complexity index is 226. The second kappa shape index (κ2) is 2.22. The second-order valence-electron chi connectivity index (χ2n) is 4.95. The second-order valence-corrected chi connectivity index (χ2v) is 10.0. The summed E-state index contributed by atoms with van der Waals surface area (Å²) >= 11 is 0. The first kappa shape index (κ1) is 6.47. The minimum Gasteiger partial charge on any atom is -0.0858 e. The third-order valence-corrected chi connectivity index (χ3v) is 5.23. The molecule has 0 saturated heterocycles. The topological polar surface area (TPSA) is 0 Å². The first-order chi connectivity index (χ1) is 5.48. The van der Waals surface area contributed by atoms with Gasteiger partial charge in [-0.3, -0.25) is 0 Å². The number of hydrogen-bond donors (Lipinski definition) is 0. The minimum atomic E-state index is -1.08. The quantitative estimate of drug-likeness (QED) is 0.526. The highest BCUT2D eigenvalue weighted by Gasteiger charge is 2.37. The fourth-order valence-corrected chi connectivity index (χ4v) is 4.52. The van der Waals surface area contributed by atoms with Gasteiger partial charge in [0.05, 0.1) is 8.07 Å². The van der Waals surface area contributed by atoms with Crippen molar-refractivity contribution in [3.63, 3.8) is 0 Å². The molecule has 2 aliphatic rings. The van der Waals surface area contributed by atoms with E-state index in [4.69, 9.17) is 1.37 Å². The molecule has 0 nitrogen and oxygen atoms in total. The van der Waals surface area contributed by atoms with Gasteiger partial charge in [-0.1, -0.05) is 30.9 Å². The van der Waals surface area contributed by atoms with Crippen molar-refractivity contribution in [3.8, 4) is 0 Å². The van der Waals surface area contributed by atoms with Crippen LogP contribution in [0.3, 0.4) is 0 Å². The maximum atomic E-state index is 7.91. The molecule has 1 fully saturated rings. The Kier molecular flexibility index (Phi) is 1.31. The van der Waals surface area contributed by atoms with Crippen molar-refractivity contribution >= 4 is 8.07 Å². The molecule has 0 aromatic rings. The number of fused-ring (bicyclic) bond motifs is 2. The molecule has 0 aliphatic heterocycles. The average Bonchev–Trinajstić information content (AvgIpc) is 2.41. The van der Waals surface area contributed by atoms with Crippen molar-refractivity contribution < 1.29 is 1.37 Å². The molecule has 62 valence electrons. The van der Waals surface area contributed by atoms with Crippen molar-refractivity contribution in [2.75, 3.05) is 0 Å². The molecule has 0 spiro atoms. The van der Waals surface area contributed by atoms with Crippen molar-refractivity contribution in [2.45, 2.75) is 38.9 Å². The van der Waals surface area contributed by atoms with Gasteiger partial charge in [0.15, 0.2) is 0 Å². The zero-order valence-corrected chi connectivity index (χ0v) is 8.72. The lowest BCUT2D eigenvalue weighted by atomic mass is 10.1. The zero-order chi connectivity index (χ0) is 8.93. The molecule has 3 unspecified atom stereocenters. The summed E-state index contributed by atoms with van der Waals surface area (Å²) in [6.45, 7) is 7.23. The highest BCUT2D eigenvalue weighted by atomic mass is 28.3. The Labute approximate surface area is 72.1 Å². The molecule has 11 heavy (non-hydrogen) atoms. The fourth-order valence-electron chi connectivity index (χ4n) is 2.43. The van der Waals surface area contributed by atoms with Gasteiger partial charge in [0.2, 0.25) is 0 Å². The molecule has 2 rings (SSSR count). The molecule has 0 N–H and O–H groups in total. The molecule has 0 amide bonds. The summed E-state index contributed by atoms with van der Waals surface area (Å²) in [5.74, 6) is 1.43. The number of rotatable bonds is 1. The Morgan fingerprint density at radius 2 is 2.27 bits per heavy atom. The van der Waals surface area contributed by atoms with Crippen molar-refractivity contribution in [1.82, 2.24) is 0 Å². The highest BCUT2D eigenvalue weighted by molar-refractivity contribution is 6.83. The maximum Gasteiger partial charge on any atom is 0.0724 e. The van der Waals surface area contributed by atoms with Gasteiger partial charge in [0.1, 0.15) is 0 Å². The monoisotopic (exact) mass is 167 g/mol. The van der Waals surface area contributed by atoms with E-state index in [9.17, 15) is 0 Å². The van der Waals surface area contributed by atoms with Gasteiger partial charge in [-0.2, -0.15) is 0 Å². The molecule has 0 aromatic heterocycles. The van der Waals surface area contributed by atoms with Gasteiger partial charge in [-0.15, -0.1) is 0 Å². The minimum absolute atomic E-state index is 0.238. The van der Waals surface area contributed by atoms with Crippen molar-refractivity contribution in [1.29, 1.82) is 0 Å². The summed E-state index contributed by atoms with van der Waals surface area (Å²) in [7, 11) is -1.08. The molecular weight excluding hydrogens is 148 g/mol. The van der Waals surface area contributed by atoms with Crippen LogP contribution in [0.25, 0.3) is 0 Å². The SMILES string of the molecule is [2H]C1CC2C=C([Si](C)(C)C)C1C2. The van der Waals surface area contributed by atoms with Crippen LogP contribution in [-0.4, -0.2) is 8.07 Å². The molecule has 1 saturated carbocycles.